The average molecular weight is 478 g/mol. The van der Waals surface area contributed by atoms with Gasteiger partial charge >= 0.3 is 0 Å². The normalized spacial score (nSPS) is 11.3. The van der Waals surface area contributed by atoms with Crippen LogP contribution < -0.4 is 4.74 Å². The van der Waals surface area contributed by atoms with E-state index in [9.17, 15) is 5.11 Å². The molecule has 1 N–H and O–H groups in total. The number of rotatable bonds is 12. The zero-order valence-corrected chi connectivity index (χ0v) is 17.9. The molecule has 0 atom stereocenters. The summed E-state index contributed by atoms with van der Waals surface area (Å²) in [6, 6.07) is 0. The Kier molecular flexibility index (Phi) is 9.03. The number of hydrogen-bond acceptors (Lipinski definition) is 5. The Labute approximate surface area is 165 Å². The first-order valence-corrected chi connectivity index (χ1v) is 10.7. The van der Waals surface area contributed by atoms with Gasteiger partial charge in [-0.3, -0.25) is 0 Å². The van der Waals surface area contributed by atoms with Crippen molar-refractivity contribution in [3.8, 4) is 11.5 Å². The first-order valence-electron chi connectivity index (χ1n) is 9.11. The molecule has 1 heterocycles. The number of unbranched alkanes of at least 4 members (excludes halogenated alkanes) is 9. The minimum Gasteiger partial charge on any atom is -0.503 e. The molecule has 0 saturated carbocycles. The van der Waals surface area contributed by atoms with Crippen molar-refractivity contribution in [1.82, 2.24) is 10.3 Å². The third kappa shape index (κ3) is 5.84. The summed E-state index contributed by atoms with van der Waals surface area (Å²) in [6.45, 7) is 2.81. The van der Waals surface area contributed by atoms with Gasteiger partial charge in [0.05, 0.1) is 15.6 Å². The molecular weight excluding hydrogens is 452 g/mol. The monoisotopic (exact) mass is 476 g/mol. The molecule has 0 radical (unpaired) electrons. The number of phenolic OH excluding ortho intramolecular Hbond substituents is 1. The van der Waals surface area contributed by atoms with Crippen LogP contribution in [0.3, 0.4) is 0 Å². The summed E-state index contributed by atoms with van der Waals surface area (Å²) in [4.78, 5) is 0. The highest BCUT2D eigenvalue weighted by Crippen LogP contribution is 2.45. The number of ether oxygens (including phenoxy) is 1. The van der Waals surface area contributed by atoms with Crippen LogP contribution in [0.15, 0.2) is 13.6 Å². The highest BCUT2D eigenvalue weighted by atomic mass is 79.9. The van der Waals surface area contributed by atoms with E-state index in [4.69, 9.17) is 9.37 Å². The fraction of sp³-hybridized carbons (Fsp3) is 0.667. The second kappa shape index (κ2) is 11.0. The van der Waals surface area contributed by atoms with Crippen LogP contribution in [0.25, 0.3) is 11.0 Å². The summed E-state index contributed by atoms with van der Waals surface area (Å²) in [5.41, 5.74) is 0.999. The topological polar surface area (TPSA) is 68.4 Å². The number of aromatic hydroxyl groups is 1. The average Bonchev–Trinajstić information content (AvgIpc) is 3.10. The van der Waals surface area contributed by atoms with Gasteiger partial charge in [-0.25, -0.2) is 4.63 Å². The smallest absolute Gasteiger partial charge is 0.178 e. The maximum absolute atomic E-state index is 10.2. The fourth-order valence-electron chi connectivity index (χ4n) is 2.80. The second-order valence-corrected chi connectivity index (χ2v) is 7.88. The van der Waals surface area contributed by atoms with Gasteiger partial charge in [-0.05, 0) is 48.6 Å². The molecule has 0 bridgehead atoms. The molecule has 0 saturated heterocycles. The summed E-state index contributed by atoms with van der Waals surface area (Å²) in [7, 11) is 0. The predicted molar refractivity (Wildman–Crippen MR) is 106 cm³/mol. The predicted octanol–water partition coefficient (Wildman–Crippen LogP) is 6.75. The van der Waals surface area contributed by atoms with Crippen molar-refractivity contribution in [2.75, 3.05) is 6.61 Å². The molecule has 25 heavy (non-hydrogen) atoms. The summed E-state index contributed by atoms with van der Waals surface area (Å²) < 4.78 is 11.5. The van der Waals surface area contributed by atoms with Gasteiger partial charge in [0.15, 0.2) is 22.5 Å². The third-order valence-corrected chi connectivity index (χ3v) is 5.76. The molecule has 0 amide bonds. The number of benzene rings is 1. The maximum Gasteiger partial charge on any atom is 0.178 e. The zero-order valence-electron chi connectivity index (χ0n) is 14.7. The molecule has 1 aromatic carbocycles. The molecule has 0 spiro atoms. The quantitative estimate of drug-likeness (QED) is 0.342. The Morgan fingerprint density at radius 3 is 1.96 bits per heavy atom. The number of phenols is 1. The molecule has 0 aliphatic heterocycles. The van der Waals surface area contributed by atoms with E-state index in [-0.39, 0.29) is 5.75 Å². The van der Waals surface area contributed by atoms with Gasteiger partial charge in [-0.15, -0.1) is 0 Å². The molecule has 5 nitrogen and oxygen atoms in total. The Balaban J connectivity index is 1.66. The van der Waals surface area contributed by atoms with E-state index in [0.717, 1.165) is 12.8 Å². The van der Waals surface area contributed by atoms with Crippen molar-refractivity contribution in [3.05, 3.63) is 8.95 Å². The lowest BCUT2D eigenvalue weighted by molar-refractivity contribution is 0.287. The lowest BCUT2D eigenvalue weighted by Crippen LogP contribution is -1.99. The van der Waals surface area contributed by atoms with Gasteiger partial charge in [-0.2, -0.15) is 0 Å². The number of fused-ring (bicyclic) bond motifs is 1. The van der Waals surface area contributed by atoms with Gasteiger partial charge in [0.1, 0.15) is 0 Å². The van der Waals surface area contributed by atoms with Crippen LogP contribution in [0, 0.1) is 0 Å². The van der Waals surface area contributed by atoms with Crippen LogP contribution in [0.5, 0.6) is 11.5 Å². The van der Waals surface area contributed by atoms with Crippen molar-refractivity contribution in [1.29, 1.82) is 0 Å². The van der Waals surface area contributed by atoms with E-state index < -0.39 is 0 Å². The minimum atomic E-state index is 0.0159. The van der Waals surface area contributed by atoms with E-state index in [1.54, 1.807) is 0 Å². The first kappa shape index (κ1) is 20.5. The largest absolute Gasteiger partial charge is 0.503 e. The molecule has 0 unspecified atom stereocenters. The van der Waals surface area contributed by atoms with Crippen molar-refractivity contribution in [3.63, 3.8) is 0 Å². The first-order chi connectivity index (χ1) is 12.2. The molecule has 0 aliphatic carbocycles. The number of nitrogens with zero attached hydrogens (tertiary/aromatic N) is 2. The molecule has 1 aromatic heterocycles. The zero-order chi connectivity index (χ0) is 18.1. The Hall–Kier alpha value is -0.820. The Morgan fingerprint density at radius 1 is 0.840 bits per heavy atom. The van der Waals surface area contributed by atoms with Crippen molar-refractivity contribution in [2.45, 2.75) is 71.1 Å². The SMILES string of the molecule is CCCCCCCCCCCCOc1c(O)c(Br)c2nonc2c1Br. The summed E-state index contributed by atoms with van der Waals surface area (Å²) in [5.74, 6) is 0.396. The molecular formula is C18H26Br2N2O3. The molecule has 2 rings (SSSR count). The molecule has 0 aliphatic rings. The molecule has 2 aromatic rings. The molecule has 0 fully saturated rings. The van der Waals surface area contributed by atoms with Crippen LogP contribution in [-0.4, -0.2) is 22.0 Å². The van der Waals surface area contributed by atoms with Gasteiger partial charge in [0.2, 0.25) is 0 Å². The molecule has 7 heteroatoms. The summed E-state index contributed by atoms with van der Waals surface area (Å²) in [6.07, 6.45) is 12.8. The van der Waals surface area contributed by atoms with E-state index >= 15 is 0 Å². The van der Waals surface area contributed by atoms with Crippen LogP contribution in [-0.2, 0) is 0 Å². The van der Waals surface area contributed by atoms with E-state index in [0.29, 0.717) is 32.3 Å². The maximum atomic E-state index is 10.2. The highest BCUT2D eigenvalue weighted by Gasteiger charge is 2.21. The van der Waals surface area contributed by atoms with Crippen LogP contribution >= 0.6 is 31.9 Å². The van der Waals surface area contributed by atoms with Crippen molar-refractivity contribution in [2.24, 2.45) is 0 Å². The van der Waals surface area contributed by atoms with E-state index in [2.05, 4.69) is 49.1 Å². The Bertz CT molecular complexity index is 661. The number of aromatic nitrogens is 2. The second-order valence-electron chi connectivity index (χ2n) is 6.30. The van der Waals surface area contributed by atoms with Gasteiger partial charge < -0.3 is 9.84 Å². The highest BCUT2D eigenvalue weighted by molar-refractivity contribution is 9.11. The van der Waals surface area contributed by atoms with E-state index in [1.807, 2.05) is 0 Å². The van der Waals surface area contributed by atoms with Crippen LogP contribution in [0.4, 0.5) is 0 Å². The van der Waals surface area contributed by atoms with Gasteiger partial charge in [0, 0.05) is 0 Å². The summed E-state index contributed by atoms with van der Waals surface area (Å²) in [5, 5.41) is 17.8. The molecule has 140 valence electrons. The summed E-state index contributed by atoms with van der Waals surface area (Å²) >= 11 is 6.71. The van der Waals surface area contributed by atoms with Gasteiger partial charge in [0.25, 0.3) is 0 Å². The fourth-order valence-corrected chi connectivity index (χ4v) is 3.80. The number of halogens is 2. The Morgan fingerprint density at radius 2 is 1.36 bits per heavy atom. The van der Waals surface area contributed by atoms with Gasteiger partial charge in [-0.1, -0.05) is 64.7 Å². The number of hydrogen-bond donors (Lipinski definition) is 1. The van der Waals surface area contributed by atoms with E-state index in [1.165, 1.54) is 51.4 Å². The minimum absolute atomic E-state index is 0.0159. The third-order valence-electron chi connectivity index (χ3n) is 4.27. The van der Waals surface area contributed by atoms with Crippen LogP contribution in [0.2, 0.25) is 0 Å². The van der Waals surface area contributed by atoms with Crippen LogP contribution in [0.1, 0.15) is 71.1 Å². The standard InChI is InChI=1S/C18H26Br2N2O3/c1-2-3-4-5-6-7-8-9-10-11-12-24-18-14(20)16-15(21-25-22-16)13(19)17(18)23/h23H,2-12H2,1H3. The van der Waals surface area contributed by atoms with Crippen molar-refractivity contribution >= 4 is 42.9 Å². The lowest BCUT2D eigenvalue weighted by atomic mass is 10.1. The lowest BCUT2D eigenvalue weighted by Gasteiger charge is -2.11. The van der Waals surface area contributed by atoms with Crippen molar-refractivity contribution < 1.29 is 14.5 Å².